The number of benzene rings is 1. The first kappa shape index (κ1) is 15.7. The highest BCUT2D eigenvalue weighted by molar-refractivity contribution is 7.89. The molecule has 1 heterocycles. The molecule has 0 unspecified atom stereocenters. The van der Waals surface area contributed by atoms with Crippen molar-refractivity contribution in [2.45, 2.75) is 23.8 Å². The number of sulfonamides is 1. The largest absolute Gasteiger partial charge is 0.495 e. The Kier molecular flexibility index (Phi) is 4.50. The van der Waals surface area contributed by atoms with Gasteiger partial charge in [0.05, 0.1) is 19.3 Å². The highest BCUT2D eigenvalue weighted by atomic mass is 32.2. The van der Waals surface area contributed by atoms with Crippen LogP contribution in [-0.4, -0.2) is 55.2 Å². The number of ether oxygens (including phenoxy) is 1. The van der Waals surface area contributed by atoms with Crippen molar-refractivity contribution in [3.8, 4) is 5.75 Å². The van der Waals surface area contributed by atoms with Gasteiger partial charge >= 0.3 is 5.97 Å². The van der Waals surface area contributed by atoms with E-state index in [1.807, 2.05) is 0 Å². The van der Waals surface area contributed by atoms with Crippen LogP contribution in [0.1, 0.15) is 23.2 Å². The number of carboxylic acids is 1. The van der Waals surface area contributed by atoms with Gasteiger partial charge in [-0.3, -0.25) is 0 Å². The SMILES string of the molecule is COc1cc(C(=O)O)ccc1S(=O)(=O)N1CCC[C@H]1CO. The molecule has 0 spiro atoms. The van der Waals surface area contributed by atoms with Crippen molar-refractivity contribution in [1.82, 2.24) is 4.31 Å². The minimum absolute atomic E-state index is 0.0153. The van der Waals surface area contributed by atoms with Crippen molar-refractivity contribution < 1.29 is 28.2 Å². The molecule has 1 fully saturated rings. The lowest BCUT2D eigenvalue weighted by Gasteiger charge is -2.23. The standard InChI is InChI=1S/C13H17NO6S/c1-20-11-7-9(13(16)17)4-5-12(11)21(18,19)14-6-2-3-10(14)8-15/h4-5,7,10,15H,2-3,6,8H2,1H3,(H,16,17)/t10-/m0/s1. The molecule has 2 N–H and O–H groups in total. The van der Waals surface area contributed by atoms with E-state index in [-0.39, 0.29) is 22.8 Å². The first-order valence-corrected chi connectivity index (χ1v) is 7.90. The third-order valence-corrected chi connectivity index (χ3v) is 5.52. The Bertz CT molecular complexity index is 642. The summed E-state index contributed by atoms with van der Waals surface area (Å²) >= 11 is 0. The van der Waals surface area contributed by atoms with Gasteiger partial charge in [-0.05, 0) is 31.0 Å². The van der Waals surface area contributed by atoms with Gasteiger partial charge in [-0.15, -0.1) is 0 Å². The van der Waals surface area contributed by atoms with Gasteiger partial charge in [0, 0.05) is 12.6 Å². The topological polar surface area (TPSA) is 104 Å². The first-order chi connectivity index (χ1) is 9.91. The fourth-order valence-corrected chi connectivity index (χ4v) is 4.27. The zero-order valence-electron chi connectivity index (χ0n) is 11.5. The van der Waals surface area contributed by atoms with Gasteiger partial charge in [0.2, 0.25) is 10.0 Å². The fourth-order valence-electron chi connectivity index (χ4n) is 2.45. The van der Waals surface area contributed by atoms with Crippen LogP contribution in [0, 0.1) is 0 Å². The smallest absolute Gasteiger partial charge is 0.335 e. The van der Waals surface area contributed by atoms with Gasteiger partial charge in [-0.1, -0.05) is 0 Å². The van der Waals surface area contributed by atoms with Gasteiger partial charge in [0.1, 0.15) is 10.6 Å². The molecule has 1 aliphatic heterocycles. The third-order valence-electron chi connectivity index (χ3n) is 3.53. The lowest BCUT2D eigenvalue weighted by Crippen LogP contribution is -2.37. The highest BCUT2D eigenvalue weighted by Crippen LogP contribution is 2.32. The minimum Gasteiger partial charge on any atom is -0.495 e. The molecule has 0 bridgehead atoms. The molecule has 1 aromatic carbocycles. The Balaban J connectivity index is 2.47. The Morgan fingerprint density at radius 3 is 2.76 bits per heavy atom. The number of hydrogen-bond acceptors (Lipinski definition) is 5. The molecule has 21 heavy (non-hydrogen) atoms. The molecule has 0 aromatic heterocycles. The minimum atomic E-state index is -3.83. The molecule has 116 valence electrons. The van der Waals surface area contributed by atoms with E-state index in [1.165, 1.54) is 29.6 Å². The number of aliphatic hydroxyl groups is 1. The zero-order valence-corrected chi connectivity index (χ0v) is 12.3. The van der Waals surface area contributed by atoms with E-state index in [4.69, 9.17) is 9.84 Å². The summed E-state index contributed by atoms with van der Waals surface area (Å²) in [5, 5.41) is 18.2. The van der Waals surface area contributed by atoms with Crippen LogP contribution in [0.4, 0.5) is 0 Å². The van der Waals surface area contributed by atoms with Gasteiger partial charge in [-0.2, -0.15) is 4.31 Å². The van der Waals surface area contributed by atoms with E-state index in [0.29, 0.717) is 19.4 Å². The number of rotatable bonds is 5. The van der Waals surface area contributed by atoms with Crippen molar-refractivity contribution in [3.63, 3.8) is 0 Å². The summed E-state index contributed by atoms with van der Waals surface area (Å²) < 4.78 is 31.6. The molecule has 0 amide bonds. The third kappa shape index (κ3) is 2.87. The predicted octanol–water partition coefficient (Wildman–Crippen LogP) is 0.539. The second kappa shape index (κ2) is 6.00. The molecular weight excluding hydrogens is 298 g/mol. The van der Waals surface area contributed by atoms with Crippen LogP contribution < -0.4 is 4.74 Å². The molecule has 7 nitrogen and oxygen atoms in total. The maximum atomic E-state index is 12.7. The lowest BCUT2D eigenvalue weighted by molar-refractivity contribution is 0.0696. The quantitative estimate of drug-likeness (QED) is 0.822. The van der Waals surface area contributed by atoms with Gasteiger partial charge in [-0.25, -0.2) is 13.2 Å². The molecule has 0 aliphatic carbocycles. The van der Waals surface area contributed by atoms with E-state index in [1.54, 1.807) is 0 Å². The van der Waals surface area contributed by atoms with Crippen LogP contribution in [0.25, 0.3) is 0 Å². The van der Waals surface area contributed by atoms with Crippen molar-refractivity contribution in [2.24, 2.45) is 0 Å². The summed E-state index contributed by atoms with van der Waals surface area (Å²) in [6, 6.07) is 3.18. The summed E-state index contributed by atoms with van der Waals surface area (Å²) in [6.07, 6.45) is 1.28. The summed E-state index contributed by atoms with van der Waals surface area (Å²) in [7, 11) is -2.54. The van der Waals surface area contributed by atoms with E-state index >= 15 is 0 Å². The molecule has 1 saturated heterocycles. The molecular formula is C13H17NO6S. The first-order valence-electron chi connectivity index (χ1n) is 6.46. The second-order valence-corrected chi connectivity index (χ2v) is 6.62. The second-order valence-electron chi connectivity index (χ2n) is 4.77. The van der Waals surface area contributed by atoms with Crippen LogP contribution in [0.2, 0.25) is 0 Å². The van der Waals surface area contributed by atoms with Crippen LogP contribution in [-0.2, 0) is 10.0 Å². The number of nitrogens with zero attached hydrogens (tertiary/aromatic N) is 1. The average Bonchev–Trinajstić information content (AvgIpc) is 2.95. The summed E-state index contributed by atoms with van der Waals surface area (Å²) in [6.45, 7) is 0.0894. The van der Waals surface area contributed by atoms with Crippen LogP contribution >= 0.6 is 0 Å². The molecule has 1 aromatic rings. The van der Waals surface area contributed by atoms with Gasteiger partial charge in [0.25, 0.3) is 0 Å². The van der Waals surface area contributed by atoms with Crippen LogP contribution in [0.5, 0.6) is 5.75 Å². The monoisotopic (exact) mass is 315 g/mol. The highest BCUT2D eigenvalue weighted by Gasteiger charge is 2.36. The molecule has 1 aliphatic rings. The molecule has 0 radical (unpaired) electrons. The lowest BCUT2D eigenvalue weighted by atomic mass is 10.2. The maximum absolute atomic E-state index is 12.7. The summed E-state index contributed by atoms with van der Waals surface area (Å²) in [5.41, 5.74) is -0.0501. The van der Waals surface area contributed by atoms with Crippen molar-refractivity contribution >= 4 is 16.0 Å². The Labute approximate surface area is 122 Å². The van der Waals surface area contributed by atoms with Crippen LogP contribution in [0.15, 0.2) is 23.1 Å². The number of carboxylic acid groups (broad SMARTS) is 1. The number of aliphatic hydroxyl groups excluding tert-OH is 1. The molecule has 2 rings (SSSR count). The van der Waals surface area contributed by atoms with Crippen molar-refractivity contribution in [3.05, 3.63) is 23.8 Å². The molecule has 1 atom stereocenters. The summed E-state index contributed by atoms with van der Waals surface area (Å²) in [5.74, 6) is -1.18. The Morgan fingerprint density at radius 2 is 2.19 bits per heavy atom. The number of aromatic carboxylic acids is 1. The number of carbonyl (C=O) groups is 1. The predicted molar refractivity (Wildman–Crippen MR) is 74.0 cm³/mol. The van der Waals surface area contributed by atoms with Crippen molar-refractivity contribution in [2.75, 3.05) is 20.3 Å². The fraction of sp³-hybridized carbons (Fsp3) is 0.462. The zero-order chi connectivity index (χ0) is 15.6. The maximum Gasteiger partial charge on any atom is 0.335 e. The van der Waals surface area contributed by atoms with E-state index in [0.717, 1.165) is 0 Å². The Hall–Kier alpha value is -1.64. The number of methoxy groups -OCH3 is 1. The van der Waals surface area contributed by atoms with Gasteiger partial charge in [0.15, 0.2) is 0 Å². The van der Waals surface area contributed by atoms with E-state index in [9.17, 15) is 18.3 Å². The molecule has 0 saturated carbocycles. The summed E-state index contributed by atoms with van der Waals surface area (Å²) in [4.78, 5) is 10.8. The normalized spacial score (nSPS) is 19.6. The van der Waals surface area contributed by atoms with E-state index in [2.05, 4.69) is 0 Å². The van der Waals surface area contributed by atoms with Crippen molar-refractivity contribution in [1.29, 1.82) is 0 Å². The number of hydrogen-bond donors (Lipinski definition) is 2. The Morgan fingerprint density at radius 1 is 1.48 bits per heavy atom. The molecule has 8 heteroatoms. The van der Waals surface area contributed by atoms with Gasteiger partial charge < -0.3 is 14.9 Å². The average molecular weight is 315 g/mol. The van der Waals surface area contributed by atoms with Crippen LogP contribution in [0.3, 0.4) is 0 Å². The van der Waals surface area contributed by atoms with E-state index < -0.39 is 22.0 Å².